The molecule has 116 valence electrons. The summed E-state index contributed by atoms with van der Waals surface area (Å²) in [7, 11) is 0. The molecule has 6 heteroatoms. The number of nitrogen functional groups attached to an aromatic ring is 1. The van der Waals surface area contributed by atoms with Gasteiger partial charge in [0.2, 0.25) is 11.8 Å². The van der Waals surface area contributed by atoms with Gasteiger partial charge in [0.05, 0.1) is 17.8 Å². The summed E-state index contributed by atoms with van der Waals surface area (Å²) in [5, 5.41) is 0. The van der Waals surface area contributed by atoms with Gasteiger partial charge < -0.3 is 10.5 Å². The molecule has 0 aliphatic rings. The summed E-state index contributed by atoms with van der Waals surface area (Å²) in [5.74, 6) is 0.167. The molecular formula is C17H15FN4O. The molecule has 0 aliphatic heterocycles. The fourth-order valence-electron chi connectivity index (χ4n) is 2.13. The van der Waals surface area contributed by atoms with E-state index < -0.39 is 0 Å². The summed E-state index contributed by atoms with van der Waals surface area (Å²) in [5.41, 5.74) is 8.29. The van der Waals surface area contributed by atoms with Crippen LogP contribution in [0.25, 0.3) is 22.3 Å². The Hall–Kier alpha value is -3.02. The number of nitrogens with zero attached hydrogens (tertiary/aromatic N) is 3. The molecule has 3 rings (SSSR count). The zero-order valence-corrected chi connectivity index (χ0v) is 12.4. The van der Waals surface area contributed by atoms with Crippen LogP contribution in [-0.4, -0.2) is 21.6 Å². The molecule has 0 amide bonds. The summed E-state index contributed by atoms with van der Waals surface area (Å²) < 4.78 is 18.7. The highest BCUT2D eigenvalue weighted by Crippen LogP contribution is 2.26. The number of aromatic nitrogens is 3. The monoisotopic (exact) mass is 310 g/mol. The maximum Gasteiger partial charge on any atom is 0.245 e. The topological polar surface area (TPSA) is 73.9 Å². The molecule has 0 spiro atoms. The van der Waals surface area contributed by atoms with Crippen LogP contribution >= 0.6 is 0 Å². The van der Waals surface area contributed by atoms with E-state index >= 15 is 0 Å². The van der Waals surface area contributed by atoms with Gasteiger partial charge in [-0.3, -0.25) is 0 Å². The van der Waals surface area contributed by atoms with Gasteiger partial charge in [-0.15, -0.1) is 6.58 Å². The van der Waals surface area contributed by atoms with E-state index in [0.29, 0.717) is 35.6 Å². The number of nitrogens with two attached hydrogens (primary N) is 1. The van der Waals surface area contributed by atoms with Crippen LogP contribution in [0.1, 0.15) is 6.42 Å². The van der Waals surface area contributed by atoms with Crippen molar-refractivity contribution in [2.75, 3.05) is 12.3 Å². The second-order valence-corrected chi connectivity index (χ2v) is 4.88. The highest BCUT2D eigenvalue weighted by atomic mass is 19.1. The minimum Gasteiger partial charge on any atom is -0.476 e. The van der Waals surface area contributed by atoms with E-state index in [4.69, 9.17) is 10.5 Å². The van der Waals surface area contributed by atoms with E-state index in [1.54, 1.807) is 30.3 Å². The van der Waals surface area contributed by atoms with Gasteiger partial charge >= 0.3 is 0 Å². The molecule has 0 fully saturated rings. The van der Waals surface area contributed by atoms with Crippen molar-refractivity contribution in [2.45, 2.75) is 6.42 Å². The predicted octanol–water partition coefficient (Wildman–Crippen LogP) is 3.37. The molecule has 0 saturated carbocycles. The molecule has 3 aromatic rings. The first-order valence-corrected chi connectivity index (χ1v) is 7.11. The molecule has 23 heavy (non-hydrogen) atoms. The Bertz CT molecular complexity index is 849. The number of fused-ring (bicyclic) bond motifs is 1. The lowest BCUT2D eigenvalue weighted by molar-refractivity contribution is 0.316. The Morgan fingerprint density at radius 2 is 1.87 bits per heavy atom. The third-order valence-corrected chi connectivity index (χ3v) is 3.23. The smallest absolute Gasteiger partial charge is 0.245 e. The lowest BCUT2D eigenvalue weighted by atomic mass is 10.1. The van der Waals surface area contributed by atoms with Crippen molar-refractivity contribution in [3.63, 3.8) is 0 Å². The van der Waals surface area contributed by atoms with Crippen molar-refractivity contribution in [2.24, 2.45) is 0 Å². The van der Waals surface area contributed by atoms with Crippen molar-refractivity contribution >= 4 is 17.0 Å². The van der Waals surface area contributed by atoms with E-state index in [1.807, 2.05) is 0 Å². The minimum atomic E-state index is -0.293. The summed E-state index contributed by atoms with van der Waals surface area (Å²) >= 11 is 0. The molecule has 0 aliphatic carbocycles. The first-order valence-electron chi connectivity index (χ1n) is 7.11. The van der Waals surface area contributed by atoms with Gasteiger partial charge in [-0.25, -0.2) is 14.4 Å². The number of halogens is 1. The summed E-state index contributed by atoms with van der Waals surface area (Å²) in [6, 6.07) is 9.71. The van der Waals surface area contributed by atoms with Gasteiger partial charge in [0, 0.05) is 5.56 Å². The van der Waals surface area contributed by atoms with E-state index in [1.165, 1.54) is 12.1 Å². The van der Waals surface area contributed by atoms with Gasteiger partial charge in [-0.2, -0.15) is 4.98 Å². The maximum absolute atomic E-state index is 13.1. The average Bonchev–Trinajstić information content (AvgIpc) is 2.55. The van der Waals surface area contributed by atoms with Gasteiger partial charge in [-0.05, 0) is 42.8 Å². The average molecular weight is 310 g/mol. The molecule has 5 nitrogen and oxygen atoms in total. The van der Waals surface area contributed by atoms with Crippen LogP contribution in [0, 0.1) is 5.82 Å². The van der Waals surface area contributed by atoms with Crippen molar-refractivity contribution in [3.8, 4) is 17.1 Å². The number of anilines is 1. The van der Waals surface area contributed by atoms with E-state index in [9.17, 15) is 4.39 Å². The van der Waals surface area contributed by atoms with E-state index in [2.05, 4.69) is 21.5 Å². The lowest BCUT2D eigenvalue weighted by Crippen LogP contribution is -2.04. The van der Waals surface area contributed by atoms with Crippen LogP contribution in [0.2, 0.25) is 0 Å². The second-order valence-electron chi connectivity index (χ2n) is 4.88. The van der Waals surface area contributed by atoms with Crippen molar-refractivity contribution in [3.05, 3.63) is 54.9 Å². The minimum absolute atomic E-state index is 0.127. The summed E-state index contributed by atoms with van der Waals surface area (Å²) in [4.78, 5) is 12.8. The largest absolute Gasteiger partial charge is 0.476 e. The Balaban J connectivity index is 2.06. The Morgan fingerprint density at radius 1 is 1.09 bits per heavy atom. The molecule has 0 atom stereocenters. The zero-order valence-electron chi connectivity index (χ0n) is 12.4. The third kappa shape index (κ3) is 3.26. The highest BCUT2D eigenvalue weighted by molar-refractivity contribution is 5.83. The van der Waals surface area contributed by atoms with Gasteiger partial charge in [0.15, 0.2) is 5.52 Å². The fourth-order valence-corrected chi connectivity index (χ4v) is 2.13. The fraction of sp³-hybridized carbons (Fsp3) is 0.118. The summed E-state index contributed by atoms with van der Waals surface area (Å²) in [6.07, 6.45) is 2.44. The van der Waals surface area contributed by atoms with Crippen molar-refractivity contribution in [1.82, 2.24) is 15.0 Å². The Labute approximate surface area is 132 Å². The zero-order chi connectivity index (χ0) is 16.2. The number of ether oxygens (including phenoxy) is 1. The molecule has 0 bridgehead atoms. The first kappa shape index (κ1) is 14.9. The van der Waals surface area contributed by atoms with E-state index in [0.717, 1.165) is 5.56 Å². The Kier molecular flexibility index (Phi) is 4.14. The van der Waals surface area contributed by atoms with Crippen molar-refractivity contribution < 1.29 is 9.13 Å². The van der Waals surface area contributed by atoms with Gasteiger partial charge in [0.1, 0.15) is 5.82 Å². The van der Waals surface area contributed by atoms with Crippen LogP contribution in [0.4, 0.5) is 10.3 Å². The number of pyridine rings is 1. The maximum atomic E-state index is 13.1. The van der Waals surface area contributed by atoms with E-state index in [-0.39, 0.29) is 11.8 Å². The molecular weight excluding hydrogens is 295 g/mol. The molecule has 2 heterocycles. The number of benzene rings is 1. The van der Waals surface area contributed by atoms with Crippen LogP contribution in [-0.2, 0) is 0 Å². The quantitative estimate of drug-likeness (QED) is 0.578. The van der Waals surface area contributed by atoms with Crippen molar-refractivity contribution in [1.29, 1.82) is 0 Å². The number of rotatable bonds is 5. The SMILES string of the molecule is C=CCCOc1nc(N)nc2ccc(-c3ccc(F)cc3)nc12. The summed E-state index contributed by atoms with van der Waals surface area (Å²) in [6.45, 7) is 4.08. The molecule has 0 unspecified atom stereocenters. The van der Waals surface area contributed by atoms with Crippen LogP contribution < -0.4 is 10.5 Å². The van der Waals surface area contributed by atoms with Gasteiger partial charge in [0.25, 0.3) is 0 Å². The lowest BCUT2D eigenvalue weighted by Gasteiger charge is -2.09. The molecule has 1 aromatic carbocycles. The molecule has 0 saturated heterocycles. The van der Waals surface area contributed by atoms with Crippen LogP contribution in [0.3, 0.4) is 0 Å². The third-order valence-electron chi connectivity index (χ3n) is 3.23. The number of hydrogen-bond acceptors (Lipinski definition) is 5. The highest BCUT2D eigenvalue weighted by Gasteiger charge is 2.11. The van der Waals surface area contributed by atoms with Crippen LogP contribution in [0.5, 0.6) is 5.88 Å². The number of hydrogen-bond donors (Lipinski definition) is 1. The standard InChI is InChI=1S/C17H15FN4O/c1-2-3-10-23-16-15-14(21-17(19)22-16)9-8-13(20-15)11-4-6-12(18)7-5-11/h2,4-9H,1,3,10H2,(H2,19,21,22). The predicted molar refractivity (Wildman–Crippen MR) is 87.4 cm³/mol. The Morgan fingerprint density at radius 3 is 2.61 bits per heavy atom. The second kappa shape index (κ2) is 6.39. The van der Waals surface area contributed by atoms with Crippen LogP contribution in [0.15, 0.2) is 49.1 Å². The molecule has 2 aromatic heterocycles. The first-order chi connectivity index (χ1) is 11.2. The molecule has 2 N–H and O–H groups in total. The molecule has 0 radical (unpaired) electrons. The normalized spacial score (nSPS) is 10.7. The van der Waals surface area contributed by atoms with Gasteiger partial charge in [-0.1, -0.05) is 6.08 Å².